The maximum atomic E-state index is 14.5. The molecule has 8 aromatic carbocycles. The molecular formula is C45H31F. The third kappa shape index (κ3) is 3.85. The molecule has 1 heteroatoms. The van der Waals surface area contributed by atoms with Crippen molar-refractivity contribution in [1.29, 1.82) is 0 Å². The third-order valence-corrected chi connectivity index (χ3v) is 10.1. The van der Waals surface area contributed by atoms with Gasteiger partial charge in [-0.1, -0.05) is 147 Å². The first kappa shape index (κ1) is 26.8. The second-order valence-corrected chi connectivity index (χ2v) is 13.0. The number of hydrogen-bond acceptors (Lipinski definition) is 0. The Morgan fingerprint density at radius 1 is 0.370 bits per heavy atom. The topological polar surface area (TPSA) is 0 Å². The summed E-state index contributed by atoms with van der Waals surface area (Å²) in [5.74, 6) is -0.184. The number of hydrogen-bond donors (Lipinski definition) is 0. The fraction of sp³-hybridized carbons (Fsp3) is 0.0667. The van der Waals surface area contributed by atoms with E-state index in [2.05, 4.69) is 147 Å². The molecule has 0 radical (unpaired) electrons. The fourth-order valence-corrected chi connectivity index (χ4v) is 7.97. The lowest BCUT2D eigenvalue weighted by atomic mass is 9.80. The van der Waals surface area contributed by atoms with Gasteiger partial charge in [-0.25, -0.2) is 4.39 Å². The molecule has 1 aliphatic rings. The highest BCUT2D eigenvalue weighted by Gasteiger charge is 2.37. The van der Waals surface area contributed by atoms with E-state index < -0.39 is 0 Å². The van der Waals surface area contributed by atoms with E-state index >= 15 is 0 Å². The molecule has 46 heavy (non-hydrogen) atoms. The zero-order valence-corrected chi connectivity index (χ0v) is 25.8. The summed E-state index contributed by atoms with van der Waals surface area (Å²) < 4.78 is 14.5. The molecule has 0 N–H and O–H groups in total. The first-order valence-corrected chi connectivity index (χ1v) is 16.0. The SMILES string of the molecule is CC1(C)c2cc(F)ccc2-c2c1cc(-c1ccc(-c3c4ccccc4c(-c4ccccc4)c4ccccc34)cc1)c1ccccc21. The van der Waals surface area contributed by atoms with E-state index in [4.69, 9.17) is 0 Å². The molecular weight excluding hydrogens is 559 g/mol. The van der Waals surface area contributed by atoms with E-state index in [0.29, 0.717) is 0 Å². The Morgan fingerprint density at radius 2 is 0.826 bits per heavy atom. The van der Waals surface area contributed by atoms with Crippen LogP contribution in [-0.2, 0) is 5.41 Å². The highest BCUT2D eigenvalue weighted by molar-refractivity contribution is 6.21. The van der Waals surface area contributed by atoms with Crippen LogP contribution in [0.25, 0.3) is 76.8 Å². The smallest absolute Gasteiger partial charge is 0.123 e. The molecule has 0 saturated carbocycles. The van der Waals surface area contributed by atoms with E-state index in [1.807, 2.05) is 6.07 Å². The summed E-state index contributed by atoms with van der Waals surface area (Å²) in [4.78, 5) is 0. The minimum absolute atomic E-state index is 0.184. The molecule has 0 unspecified atom stereocenters. The van der Waals surface area contributed by atoms with E-state index in [-0.39, 0.29) is 11.2 Å². The number of halogens is 1. The molecule has 0 fully saturated rings. The third-order valence-electron chi connectivity index (χ3n) is 10.1. The summed E-state index contributed by atoms with van der Waals surface area (Å²) in [7, 11) is 0. The average molecular weight is 591 g/mol. The molecule has 9 rings (SSSR count). The number of rotatable bonds is 3. The maximum Gasteiger partial charge on any atom is 0.123 e. The molecule has 0 nitrogen and oxygen atoms in total. The van der Waals surface area contributed by atoms with Gasteiger partial charge >= 0.3 is 0 Å². The maximum absolute atomic E-state index is 14.5. The minimum Gasteiger partial charge on any atom is -0.207 e. The van der Waals surface area contributed by atoms with Crippen LogP contribution in [0, 0.1) is 5.82 Å². The Kier molecular flexibility index (Phi) is 5.83. The van der Waals surface area contributed by atoms with E-state index in [1.54, 1.807) is 12.1 Å². The van der Waals surface area contributed by atoms with Crippen LogP contribution in [0.1, 0.15) is 25.0 Å². The van der Waals surface area contributed by atoms with Crippen molar-refractivity contribution < 1.29 is 4.39 Å². The quantitative estimate of drug-likeness (QED) is 0.180. The van der Waals surface area contributed by atoms with Crippen molar-refractivity contribution in [1.82, 2.24) is 0 Å². The van der Waals surface area contributed by atoms with Crippen LogP contribution in [0.4, 0.5) is 4.39 Å². The normalized spacial score (nSPS) is 13.3. The molecule has 0 heterocycles. The zero-order valence-electron chi connectivity index (χ0n) is 25.8. The fourth-order valence-electron chi connectivity index (χ4n) is 7.97. The Balaban J connectivity index is 1.25. The predicted molar refractivity (Wildman–Crippen MR) is 193 cm³/mol. The molecule has 0 aromatic heterocycles. The lowest BCUT2D eigenvalue weighted by Gasteiger charge is -2.23. The average Bonchev–Trinajstić information content (AvgIpc) is 3.32. The molecule has 0 bridgehead atoms. The van der Waals surface area contributed by atoms with Gasteiger partial charge in [-0.2, -0.15) is 0 Å². The van der Waals surface area contributed by atoms with Gasteiger partial charge in [0, 0.05) is 5.41 Å². The highest BCUT2D eigenvalue weighted by Crippen LogP contribution is 2.53. The molecule has 0 aliphatic heterocycles. The summed E-state index contributed by atoms with van der Waals surface area (Å²) in [5, 5.41) is 7.45. The van der Waals surface area contributed by atoms with Gasteiger partial charge in [0.1, 0.15) is 5.82 Å². The second-order valence-electron chi connectivity index (χ2n) is 13.0. The van der Waals surface area contributed by atoms with Gasteiger partial charge < -0.3 is 0 Å². The molecule has 0 atom stereocenters. The van der Waals surface area contributed by atoms with Crippen molar-refractivity contribution in [2.24, 2.45) is 0 Å². The monoisotopic (exact) mass is 590 g/mol. The van der Waals surface area contributed by atoms with Crippen molar-refractivity contribution in [3.63, 3.8) is 0 Å². The Labute approximate surface area is 268 Å². The first-order valence-electron chi connectivity index (χ1n) is 16.0. The molecule has 0 spiro atoms. The van der Waals surface area contributed by atoms with Gasteiger partial charge in [0.2, 0.25) is 0 Å². The second kappa shape index (κ2) is 9.99. The molecule has 218 valence electrons. The van der Waals surface area contributed by atoms with Crippen LogP contribution < -0.4 is 0 Å². The van der Waals surface area contributed by atoms with Crippen molar-refractivity contribution in [2.75, 3.05) is 0 Å². The zero-order chi connectivity index (χ0) is 31.0. The molecule has 1 aliphatic carbocycles. The molecule has 0 saturated heterocycles. The number of benzene rings is 8. The number of fused-ring (bicyclic) bond motifs is 7. The summed E-state index contributed by atoms with van der Waals surface area (Å²) >= 11 is 0. The van der Waals surface area contributed by atoms with Crippen LogP contribution in [0.3, 0.4) is 0 Å². The molecule has 0 amide bonds. The largest absolute Gasteiger partial charge is 0.207 e. The molecule has 8 aromatic rings. The van der Waals surface area contributed by atoms with Gasteiger partial charge in [-0.05, 0) is 106 Å². The highest BCUT2D eigenvalue weighted by atomic mass is 19.1. The van der Waals surface area contributed by atoms with Gasteiger partial charge in [0.15, 0.2) is 0 Å². The van der Waals surface area contributed by atoms with E-state index in [1.165, 1.54) is 76.8 Å². The summed E-state index contributed by atoms with van der Waals surface area (Å²) in [5.41, 5.74) is 11.7. The summed E-state index contributed by atoms with van der Waals surface area (Å²) in [6, 6.07) is 53.7. The van der Waals surface area contributed by atoms with Crippen molar-refractivity contribution in [3.8, 4) is 44.5 Å². The minimum atomic E-state index is -0.302. The van der Waals surface area contributed by atoms with Crippen LogP contribution in [-0.4, -0.2) is 0 Å². The summed E-state index contributed by atoms with van der Waals surface area (Å²) in [6.07, 6.45) is 0. The van der Waals surface area contributed by atoms with E-state index in [9.17, 15) is 4.39 Å². The Bertz CT molecular complexity index is 2430. The van der Waals surface area contributed by atoms with Gasteiger partial charge in [0.25, 0.3) is 0 Å². The van der Waals surface area contributed by atoms with Gasteiger partial charge in [0.05, 0.1) is 0 Å². The van der Waals surface area contributed by atoms with Crippen molar-refractivity contribution >= 4 is 32.3 Å². The van der Waals surface area contributed by atoms with E-state index in [0.717, 1.165) is 11.1 Å². The lowest BCUT2D eigenvalue weighted by molar-refractivity contribution is 0.609. The lowest BCUT2D eigenvalue weighted by Crippen LogP contribution is -2.15. The van der Waals surface area contributed by atoms with Crippen molar-refractivity contribution in [3.05, 3.63) is 169 Å². The van der Waals surface area contributed by atoms with Crippen LogP contribution in [0.5, 0.6) is 0 Å². The van der Waals surface area contributed by atoms with Crippen LogP contribution in [0.2, 0.25) is 0 Å². The van der Waals surface area contributed by atoms with Gasteiger partial charge in [-0.3, -0.25) is 0 Å². The van der Waals surface area contributed by atoms with Crippen LogP contribution >= 0.6 is 0 Å². The first-order chi connectivity index (χ1) is 22.5. The van der Waals surface area contributed by atoms with Gasteiger partial charge in [-0.15, -0.1) is 0 Å². The Hall–Kier alpha value is -5.53. The van der Waals surface area contributed by atoms with Crippen molar-refractivity contribution in [2.45, 2.75) is 19.3 Å². The standard InChI is InChI=1S/C45H31F/c1-45(2)40-26-31(46)24-25-38(40)44-33-15-7-6-14-32(33)39(27-41(44)45)28-20-22-30(23-21-28)43-36-18-10-8-16-34(36)42(29-12-4-3-5-13-29)35-17-9-11-19-37(35)43/h3-27H,1-2H3. The Morgan fingerprint density at radius 3 is 1.39 bits per heavy atom. The van der Waals surface area contributed by atoms with Crippen LogP contribution in [0.15, 0.2) is 152 Å². The summed E-state index contributed by atoms with van der Waals surface area (Å²) in [6.45, 7) is 4.43. The predicted octanol–water partition coefficient (Wildman–Crippen LogP) is 12.6.